The van der Waals surface area contributed by atoms with Gasteiger partial charge in [0.25, 0.3) is 0 Å². The quantitative estimate of drug-likeness (QED) is 0.831. The van der Waals surface area contributed by atoms with E-state index in [9.17, 15) is 9.90 Å². The van der Waals surface area contributed by atoms with E-state index in [1.165, 1.54) is 12.8 Å². The molecule has 6 nitrogen and oxygen atoms in total. The van der Waals surface area contributed by atoms with E-state index >= 15 is 0 Å². The van der Waals surface area contributed by atoms with E-state index in [0.29, 0.717) is 26.2 Å². The highest BCUT2D eigenvalue weighted by Crippen LogP contribution is 2.24. The molecule has 3 heterocycles. The molecule has 1 N–H and O–H groups in total. The van der Waals surface area contributed by atoms with Gasteiger partial charge in [0.2, 0.25) is 5.91 Å². The second kappa shape index (κ2) is 8.25. The first-order valence-electron chi connectivity index (χ1n) is 9.34. The summed E-state index contributed by atoms with van der Waals surface area (Å²) in [6.07, 6.45) is 7.69. The zero-order valence-corrected chi connectivity index (χ0v) is 15.2. The summed E-state index contributed by atoms with van der Waals surface area (Å²) in [6.45, 7) is 5.13. The van der Waals surface area contributed by atoms with Crippen LogP contribution in [0.2, 0.25) is 0 Å². The third-order valence-electron chi connectivity index (χ3n) is 5.21. The monoisotopic (exact) mass is 346 g/mol. The molecule has 2 saturated heterocycles. The van der Waals surface area contributed by atoms with Gasteiger partial charge in [0.15, 0.2) is 0 Å². The lowest BCUT2D eigenvalue weighted by Crippen LogP contribution is -2.56. The molecule has 1 aromatic rings. The van der Waals surface area contributed by atoms with Gasteiger partial charge in [-0.15, -0.1) is 0 Å². The summed E-state index contributed by atoms with van der Waals surface area (Å²) in [5.74, 6) is 0.103. The minimum atomic E-state index is -0.750. The summed E-state index contributed by atoms with van der Waals surface area (Å²) >= 11 is 0. The van der Waals surface area contributed by atoms with Gasteiger partial charge in [-0.1, -0.05) is 6.07 Å². The molecule has 1 atom stereocenters. The smallest absolute Gasteiger partial charge is 0.236 e. The Morgan fingerprint density at radius 1 is 1.32 bits per heavy atom. The molecular formula is C19H30N4O2. The number of likely N-dealkylation sites (N-methyl/N-ethyl adjacent to an activating group) is 1. The fourth-order valence-electron chi connectivity index (χ4n) is 4.00. The van der Waals surface area contributed by atoms with Crippen molar-refractivity contribution in [3.8, 4) is 0 Å². The number of carbonyl (C=O) groups is 1. The molecule has 2 aliphatic rings. The second-order valence-electron chi connectivity index (χ2n) is 7.66. The topological polar surface area (TPSA) is 59.9 Å². The van der Waals surface area contributed by atoms with E-state index in [-0.39, 0.29) is 5.91 Å². The maximum Gasteiger partial charge on any atom is 0.236 e. The first-order valence-corrected chi connectivity index (χ1v) is 9.34. The molecule has 3 rings (SSSR count). The molecular weight excluding hydrogens is 316 g/mol. The normalized spacial score (nSPS) is 24.8. The first-order chi connectivity index (χ1) is 12.0. The Morgan fingerprint density at radius 2 is 2.12 bits per heavy atom. The van der Waals surface area contributed by atoms with Crippen LogP contribution in [0.25, 0.3) is 0 Å². The molecule has 2 fully saturated rings. The molecule has 0 aliphatic carbocycles. The average molecular weight is 346 g/mol. The van der Waals surface area contributed by atoms with Crippen LogP contribution < -0.4 is 0 Å². The number of pyridine rings is 1. The van der Waals surface area contributed by atoms with E-state index in [0.717, 1.165) is 38.0 Å². The highest BCUT2D eigenvalue weighted by Gasteiger charge is 2.37. The van der Waals surface area contributed by atoms with Crippen LogP contribution in [0.1, 0.15) is 31.2 Å². The SMILES string of the molecule is CN(CC(=O)N1CCC[C@](O)(CN2CCCC2)C1)Cc1cccnc1. The summed E-state index contributed by atoms with van der Waals surface area (Å²) in [5.41, 5.74) is 0.349. The maximum atomic E-state index is 12.7. The number of carbonyl (C=O) groups excluding carboxylic acids is 1. The summed E-state index contributed by atoms with van der Waals surface area (Å²) in [7, 11) is 1.95. The van der Waals surface area contributed by atoms with E-state index in [4.69, 9.17) is 0 Å². The van der Waals surface area contributed by atoms with Gasteiger partial charge in [-0.05, 0) is 57.5 Å². The molecule has 0 radical (unpaired) electrons. The van der Waals surface area contributed by atoms with E-state index < -0.39 is 5.60 Å². The van der Waals surface area contributed by atoms with Crippen molar-refractivity contribution in [2.45, 2.75) is 37.8 Å². The lowest BCUT2D eigenvalue weighted by molar-refractivity contribution is -0.140. The van der Waals surface area contributed by atoms with Crippen molar-refractivity contribution < 1.29 is 9.90 Å². The van der Waals surface area contributed by atoms with Gasteiger partial charge in [-0.25, -0.2) is 0 Å². The van der Waals surface area contributed by atoms with Crippen molar-refractivity contribution in [2.75, 3.05) is 46.3 Å². The Hall–Kier alpha value is -1.50. The van der Waals surface area contributed by atoms with Gasteiger partial charge in [-0.2, -0.15) is 0 Å². The summed E-state index contributed by atoms with van der Waals surface area (Å²) in [6, 6.07) is 3.93. The predicted octanol–water partition coefficient (Wildman–Crippen LogP) is 0.963. The fourth-order valence-corrected chi connectivity index (χ4v) is 4.00. The van der Waals surface area contributed by atoms with Crippen molar-refractivity contribution in [1.29, 1.82) is 0 Å². The number of nitrogens with zero attached hydrogens (tertiary/aromatic N) is 4. The standard InChI is InChI=1S/C19H30N4O2/c1-21(13-17-6-4-8-20-12-17)14-18(24)23-11-5-7-19(25,16-23)15-22-9-2-3-10-22/h4,6,8,12,25H,2-3,5,7,9-11,13-16H2,1H3/t19-/m0/s1. The molecule has 0 unspecified atom stereocenters. The first kappa shape index (κ1) is 18.3. The van der Waals surface area contributed by atoms with Crippen LogP contribution in [-0.2, 0) is 11.3 Å². The Bertz CT molecular complexity index is 562. The molecule has 0 saturated carbocycles. The summed E-state index contributed by atoms with van der Waals surface area (Å²) in [4.78, 5) is 23.0. The highest BCUT2D eigenvalue weighted by molar-refractivity contribution is 5.78. The minimum absolute atomic E-state index is 0.103. The largest absolute Gasteiger partial charge is 0.387 e. The number of amides is 1. The van der Waals surface area contributed by atoms with Gasteiger partial charge in [0, 0.05) is 32.0 Å². The van der Waals surface area contributed by atoms with Crippen molar-refractivity contribution in [1.82, 2.24) is 19.7 Å². The van der Waals surface area contributed by atoms with Crippen molar-refractivity contribution in [3.63, 3.8) is 0 Å². The summed E-state index contributed by atoms with van der Waals surface area (Å²) < 4.78 is 0. The van der Waals surface area contributed by atoms with Crippen molar-refractivity contribution in [3.05, 3.63) is 30.1 Å². The highest BCUT2D eigenvalue weighted by atomic mass is 16.3. The summed E-state index contributed by atoms with van der Waals surface area (Å²) in [5, 5.41) is 11.0. The van der Waals surface area contributed by atoms with E-state index in [1.54, 1.807) is 6.20 Å². The number of likely N-dealkylation sites (tertiary alicyclic amines) is 2. The predicted molar refractivity (Wildman–Crippen MR) is 97.0 cm³/mol. The molecule has 0 aromatic carbocycles. The molecule has 1 amide bonds. The lowest BCUT2D eigenvalue weighted by atomic mass is 9.92. The Morgan fingerprint density at radius 3 is 2.84 bits per heavy atom. The van der Waals surface area contributed by atoms with Gasteiger partial charge in [-0.3, -0.25) is 14.7 Å². The number of hydrogen-bond donors (Lipinski definition) is 1. The zero-order chi connectivity index (χ0) is 17.7. The molecule has 2 aliphatic heterocycles. The second-order valence-corrected chi connectivity index (χ2v) is 7.66. The number of β-amino-alcohol motifs (C(OH)–C–C–N with tert-alkyl or cyclic N) is 1. The van der Waals surface area contributed by atoms with Crippen LogP contribution in [-0.4, -0.2) is 82.6 Å². The number of hydrogen-bond acceptors (Lipinski definition) is 5. The van der Waals surface area contributed by atoms with Crippen LogP contribution in [0.5, 0.6) is 0 Å². The van der Waals surface area contributed by atoms with Crippen LogP contribution in [0.4, 0.5) is 0 Å². The van der Waals surface area contributed by atoms with Gasteiger partial charge in [0.1, 0.15) is 0 Å². The van der Waals surface area contributed by atoms with Gasteiger partial charge < -0.3 is 14.9 Å². The number of aromatic nitrogens is 1. The van der Waals surface area contributed by atoms with Gasteiger partial charge in [0.05, 0.1) is 18.7 Å². The molecule has 0 spiro atoms. The fraction of sp³-hybridized carbons (Fsp3) is 0.684. The minimum Gasteiger partial charge on any atom is -0.387 e. The van der Waals surface area contributed by atoms with E-state index in [2.05, 4.69) is 9.88 Å². The molecule has 0 bridgehead atoms. The molecule has 138 valence electrons. The van der Waals surface area contributed by atoms with Crippen LogP contribution in [0, 0.1) is 0 Å². The average Bonchev–Trinajstić information content (AvgIpc) is 3.08. The van der Waals surface area contributed by atoms with Crippen molar-refractivity contribution in [2.24, 2.45) is 0 Å². The van der Waals surface area contributed by atoms with Gasteiger partial charge >= 0.3 is 0 Å². The number of piperidine rings is 1. The number of rotatable bonds is 6. The number of aliphatic hydroxyl groups is 1. The third kappa shape index (κ3) is 5.23. The lowest BCUT2D eigenvalue weighted by Gasteiger charge is -2.41. The third-order valence-corrected chi connectivity index (χ3v) is 5.21. The van der Waals surface area contributed by atoms with Crippen molar-refractivity contribution >= 4 is 5.91 Å². The molecule has 1 aromatic heterocycles. The Labute approximate surface area is 150 Å². The Kier molecular flexibility index (Phi) is 6.04. The van der Waals surface area contributed by atoms with E-state index in [1.807, 2.05) is 35.2 Å². The zero-order valence-electron chi connectivity index (χ0n) is 15.2. The van der Waals surface area contributed by atoms with Crippen LogP contribution in [0.15, 0.2) is 24.5 Å². The maximum absolute atomic E-state index is 12.7. The van der Waals surface area contributed by atoms with Crippen LogP contribution in [0.3, 0.4) is 0 Å². The molecule has 25 heavy (non-hydrogen) atoms. The Balaban J connectivity index is 1.50. The van der Waals surface area contributed by atoms with Crippen LogP contribution >= 0.6 is 0 Å². The molecule has 6 heteroatoms.